The highest BCUT2D eigenvalue weighted by Crippen LogP contribution is 2.27. The van der Waals surface area contributed by atoms with Gasteiger partial charge in [-0.25, -0.2) is 14.8 Å². The fourth-order valence-corrected chi connectivity index (χ4v) is 2.43. The van der Waals surface area contributed by atoms with E-state index in [0.29, 0.717) is 16.3 Å². The number of carbonyl (C=O) groups excluding carboxylic acids is 1. The Morgan fingerprint density at radius 2 is 1.96 bits per heavy atom. The van der Waals surface area contributed by atoms with E-state index in [-0.39, 0.29) is 12.0 Å². The van der Waals surface area contributed by atoms with Crippen LogP contribution in [0.4, 0.5) is 0 Å². The van der Waals surface area contributed by atoms with Gasteiger partial charge in [-0.1, -0.05) is 30.7 Å². The molecule has 0 aliphatic rings. The number of carboxylic acid groups (broad SMARTS) is 1. The molecule has 1 aromatic heterocycles. The van der Waals surface area contributed by atoms with Crippen molar-refractivity contribution in [1.29, 1.82) is 0 Å². The number of amides is 1. The third kappa shape index (κ3) is 3.32. The molecule has 1 aromatic carbocycles. The van der Waals surface area contributed by atoms with Crippen LogP contribution in [0.3, 0.4) is 0 Å². The standard InChI is InChI=1S/C16H16ClN3O3/c1-3-16(15(22)23,11-4-6-12(17)7-5-11)20-14(21)13-8-18-9-19-10(13)2/h4-9H,3H2,1-2H3,(H,20,21)(H,22,23). The van der Waals surface area contributed by atoms with Gasteiger partial charge in [-0.2, -0.15) is 0 Å². The third-order valence-corrected chi connectivity index (χ3v) is 3.97. The molecule has 2 N–H and O–H groups in total. The van der Waals surface area contributed by atoms with Gasteiger partial charge in [0.1, 0.15) is 6.33 Å². The van der Waals surface area contributed by atoms with Gasteiger partial charge in [-0.3, -0.25) is 4.79 Å². The summed E-state index contributed by atoms with van der Waals surface area (Å²) in [5, 5.41) is 12.8. The van der Waals surface area contributed by atoms with Crippen LogP contribution in [0.1, 0.15) is 35.0 Å². The second-order valence-corrected chi connectivity index (χ2v) is 5.48. The molecule has 1 heterocycles. The number of carboxylic acids is 1. The number of aliphatic carboxylic acids is 1. The van der Waals surface area contributed by atoms with Crippen molar-refractivity contribution in [2.24, 2.45) is 0 Å². The summed E-state index contributed by atoms with van der Waals surface area (Å²) in [6.07, 6.45) is 2.86. The van der Waals surface area contributed by atoms with Crippen molar-refractivity contribution >= 4 is 23.5 Å². The molecule has 1 atom stereocenters. The van der Waals surface area contributed by atoms with E-state index in [2.05, 4.69) is 15.3 Å². The summed E-state index contributed by atoms with van der Waals surface area (Å²) in [7, 11) is 0. The van der Waals surface area contributed by atoms with Crippen LogP contribution >= 0.6 is 11.6 Å². The number of halogens is 1. The zero-order valence-electron chi connectivity index (χ0n) is 12.7. The number of rotatable bonds is 5. The van der Waals surface area contributed by atoms with Crippen LogP contribution < -0.4 is 5.32 Å². The van der Waals surface area contributed by atoms with Crippen LogP contribution in [-0.2, 0) is 10.3 Å². The Hall–Kier alpha value is -2.47. The molecule has 2 aromatic rings. The van der Waals surface area contributed by atoms with Crippen molar-refractivity contribution in [3.8, 4) is 0 Å². The highest BCUT2D eigenvalue weighted by Gasteiger charge is 2.40. The fourth-order valence-electron chi connectivity index (χ4n) is 2.30. The average Bonchev–Trinajstić information content (AvgIpc) is 2.53. The molecular formula is C16H16ClN3O3. The average molecular weight is 334 g/mol. The van der Waals surface area contributed by atoms with Gasteiger partial charge in [0.05, 0.1) is 11.3 Å². The molecule has 2 rings (SSSR count). The van der Waals surface area contributed by atoms with E-state index in [0.717, 1.165) is 0 Å². The number of benzene rings is 1. The van der Waals surface area contributed by atoms with Crippen LogP contribution in [-0.4, -0.2) is 27.0 Å². The zero-order valence-corrected chi connectivity index (χ0v) is 13.5. The fraction of sp³-hybridized carbons (Fsp3) is 0.250. The molecule has 0 aliphatic carbocycles. The molecule has 0 radical (unpaired) electrons. The van der Waals surface area contributed by atoms with Crippen molar-refractivity contribution in [3.63, 3.8) is 0 Å². The van der Waals surface area contributed by atoms with Crippen molar-refractivity contribution in [2.45, 2.75) is 25.8 Å². The third-order valence-electron chi connectivity index (χ3n) is 3.72. The Kier molecular flexibility index (Phi) is 4.95. The van der Waals surface area contributed by atoms with E-state index >= 15 is 0 Å². The SMILES string of the molecule is CCC(NC(=O)c1cncnc1C)(C(=O)O)c1ccc(Cl)cc1. The lowest BCUT2D eigenvalue weighted by atomic mass is 9.87. The summed E-state index contributed by atoms with van der Waals surface area (Å²) >= 11 is 5.86. The van der Waals surface area contributed by atoms with Gasteiger partial charge in [-0.05, 0) is 31.0 Å². The first-order valence-corrected chi connectivity index (χ1v) is 7.37. The highest BCUT2D eigenvalue weighted by molar-refractivity contribution is 6.30. The van der Waals surface area contributed by atoms with Gasteiger partial charge < -0.3 is 10.4 Å². The number of nitrogens with one attached hydrogen (secondary N) is 1. The second-order valence-electron chi connectivity index (χ2n) is 5.05. The van der Waals surface area contributed by atoms with Crippen LogP contribution in [0.5, 0.6) is 0 Å². The molecule has 0 spiro atoms. The summed E-state index contributed by atoms with van der Waals surface area (Å²) in [4.78, 5) is 32.2. The van der Waals surface area contributed by atoms with Crippen LogP contribution in [0.25, 0.3) is 0 Å². The van der Waals surface area contributed by atoms with Crippen molar-refractivity contribution in [1.82, 2.24) is 15.3 Å². The number of hydrogen-bond donors (Lipinski definition) is 2. The topological polar surface area (TPSA) is 92.2 Å². The maximum Gasteiger partial charge on any atom is 0.334 e. The quantitative estimate of drug-likeness (QED) is 0.877. The first kappa shape index (κ1) is 16.9. The van der Waals surface area contributed by atoms with Crippen LogP contribution in [0.2, 0.25) is 5.02 Å². The van der Waals surface area contributed by atoms with Gasteiger partial charge in [-0.15, -0.1) is 0 Å². The summed E-state index contributed by atoms with van der Waals surface area (Å²) in [6.45, 7) is 3.35. The van der Waals surface area contributed by atoms with E-state index in [9.17, 15) is 14.7 Å². The smallest absolute Gasteiger partial charge is 0.334 e. The number of hydrogen-bond acceptors (Lipinski definition) is 4. The van der Waals surface area contributed by atoms with Gasteiger partial charge in [0.2, 0.25) is 0 Å². The van der Waals surface area contributed by atoms with Crippen molar-refractivity contribution in [3.05, 3.63) is 58.6 Å². The van der Waals surface area contributed by atoms with E-state index in [1.54, 1.807) is 38.1 Å². The molecule has 0 saturated carbocycles. The Balaban J connectivity index is 2.44. The molecule has 0 bridgehead atoms. The van der Waals surface area contributed by atoms with E-state index in [1.807, 2.05) is 0 Å². The molecular weight excluding hydrogens is 318 g/mol. The van der Waals surface area contributed by atoms with E-state index in [1.165, 1.54) is 12.5 Å². The van der Waals surface area contributed by atoms with Gasteiger partial charge in [0.15, 0.2) is 5.54 Å². The molecule has 1 unspecified atom stereocenters. The van der Waals surface area contributed by atoms with Crippen LogP contribution in [0.15, 0.2) is 36.8 Å². The van der Waals surface area contributed by atoms with Crippen molar-refractivity contribution in [2.75, 3.05) is 0 Å². The van der Waals surface area contributed by atoms with Gasteiger partial charge >= 0.3 is 5.97 Å². The summed E-state index contributed by atoms with van der Waals surface area (Å²) in [6, 6.07) is 6.36. The summed E-state index contributed by atoms with van der Waals surface area (Å²) in [5.41, 5.74) is -0.395. The number of aromatic nitrogens is 2. The molecule has 7 heteroatoms. The number of nitrogens with zero attached hydrogens (tertiary/aromatic N) is 2. The monoisotopic (exact) mass is 333 g/mol. The van der Waals surface area contributed by atoms with Gasteiger partial charge in [0, 0.05) is 11.2 Å². The predicted molar refractivity (Wildman–Crippen MR) is 85.3 cm³/mol. The lowest BCUT2D eigenvalue weighted by molar-refractivity contribution is -0.145. The normalized spacial score (nSPS) is 13.2. The van der Waals surface area contributed by atoms with E-state index in [4.69, 9.17) is 11.6 Å². The molecule has 0 saturated heterocycles. The molecule has 120 valence electrons. The maximum atomic E-state index is 12.5. The molecule has 0 aliphatic heterocycles. The van der Waals surface area contributed by atoms with Gasteiger partial charge in [0.25, 0.3) is 5.91 Å². The second kappa shape index (κ2) is 6.75. The summed E-state index contributed by atoms with van der Waals surface area (Å²) in [5.74, 6) is -1.69. The Morgan fingerprint density at radius 1 is 1.30 bits per heavy atom. The van der Waals surface area contributed by atoms with Crippen LogP contribution in [0, 0.1) is 6.92 Å². The minimum Gasteiger partial charge on any atom is -0.479 e. The largest absolute Gasteiger partial charge is 0.479 e. The lowest BCUT2D eigenvalue weighted by Crippen LogP contribution is -2.51. The summed E-state index contributed by atoms with van der Waals surface area (Å²) < 4.78 is 0. The first-order valence-electron chi connectivity index (χ1n) is 6.99. The Morgan fingerprint density at radius 3 is 2.48 bits per heavy atom. The van der Waals surface area contributed by atoms with E-state index < -0.39 is 17.4 Å². The zero-order chi connectivity index (χ0) is 17.0. The highest BCUT2D eigenvalue weighted by atomic mass is 35.5. The molecule has 23 heavy (non-hydrogen) atoms. The first-order chi connectivity index (χ1) is 10.9. The molecule has 0 fully saturated rings. The molecule has 6 nitrogen and oxygen atoms in total. The minimum atomic E-state index is -1.55. The molecule has 1 amide bonds. The Labute approximate surface area is 138 Å². The Bertz CT molecular complexity index is 734. The number of carbonyl (C=O) groups is 2. The maximum absolute atomic E-state index is 12.5. The number of aryl methyl sites for hydroxylation is 1. The lowest BCUT2D eigenvalue weighted by Gasteiger charge is -2.30. The predicted octanol–water partition coefficient (Wildman–Crippen LogP) is 2.56. The minimum absolute atomic E-state index is 0.169. The van der Waals surface area contributed by atoms with Crippen molar-refractivity contribution < 1.29 is 14.7 Å².